The first-order chi connectivity index (χ1) is 8.46. The largest absolute Gasteiger partial charge is 0.399 e. The fourth-order valence-corrected chi connectivity index (χ4v) is 3.33. The summed E-state index contributed by atoms with van der Waals surface area (Å²) in [6.07, 6.45) is -0.630. The van der Waals surface area contributed by atoms with E-state index in [0.29, 0.717) is 25.3 Å². The molecule has 18 heavy (non-hydrogen) atoms. The van der Waals surface area contributed by atoms with Gasteiger partial charge in [0.05, 0.1) is 17.6 Å². The van der Waals surface area contributed by atoms with E-state index in [1.807, 2.05) is 11.0 Å². The van der Waals surface area contributed by atoms with Gasteiger partial charge in [0.15, 0.2) is 9.84 Å². The quantitative estimate of drug-likeness (QED) is 0.757. The molecule has 1 saturated heterocycles. The first-order valence-electron chi connectivity index (χ1n) is 5.92. The number of rotatable bonds is 3. The van der Waals surface area contributed by atoms with Gasteiger partial charge in [-0.25, -0.2) is 8.42 Å². The van der Waals surface area contributed by atoms with Crippen molar-refractivity contribution in [3.05, 3.63) is 29.8 Å². The highest BCUT2D eigenvalue weighted by atomic mass is 32.2. The molecule has 2 rings (SSSR count). The molecule has 1 aromatic rings. The molecule has 0 saturated carbocycles. The molecule has 1 fully saturated rings. The van der Waals surface area contributed by atoms with E-state index in [2.05, 4.69) is 0 Å². The Morgan fingerprint density at radius 1 is 1.33 bits per heavy atom. The lowest BCUT2D eigenvalue weighted by Crippen LogP contribution is -2.42. The highest BCUT2D eigenvalue weighted by Gasteiger charge is 2.23. The average Bonchev–Trinajstić information content (AvgIpc) is 2.32. The van der Waals surface area contributed by atoms with Crippen LogP contribution in [0.3, 0.4) is 0 Å². The molecule has 5 nitrogen and oxygen atoms in total. The van der Waals surface area contributed by atoms with E-state index in [-0.39, 0.29) is 11.5 Å². The van der Waals surface area contributed by atoms with Crippen LogP contribution in [0, 0.1) is 0 Å². The number of benzene rings is 1. The topological polar surface area (TPSA) is 83.6 Å². The fourth-order valence-electron chi connectivity index (χ4n) is 2.05. The van der Waals surface area contributed by atoms with Gasteiger partial charge in [-0.15, -0.1) is 0 Å². The first-order valence-corrected chi connectivity index (χ1v) is 7.75. The highest BCUT2D eigenvalue weighted by Crippen LogP contribution is 2.18. The number of anilines is 1. The first kappa shape index (κ1) is 13.3. The Morgan fingerprint density at radius 2 is 2.00 bits per heavy atom. The van der Waals surface area contributed by atoms with E-state index in [1.54, 1.807) is 18.2 Å². The lowest BCUT2D eigenvalue weighted by Gasteiger charge is -2.28. The van der Waals surface area contributed by atoms with Crippen molar-refractivity contribution in [1.29, 1.82) is 0 Å². The standard InChI is InChI=1S/C12H18N2O3S/c13-11-3-1-2-10(8-11)12(15)9-14-4-6-18(16,17)7-5-14/h1-3,8,12,15H,4-7,9,13H2. The van der Waals surface area contributed by atoms with Gasteiger partial charge in [-0.1, -0.05) is 12.1 Å². The molecular weight excluding hydrogens is 252 g/mol. The van der Waals surface area contributed by atoms with Gasteiger partial charge in [0.2, 0.25) is 0 Å². The zero-order chi connectivity index (χ0) is 13.2. The van der Waals surface area contributed by atoms with Gasteiger partial charge in [0.1, 0.15) is 0 Å². The third-order valence-electron chi connectivity index (χ3n) is 3.16. The molecule has 0 bridgehead atoms. The van der Waals surface area contributed by atoms with Crippen LogP contribution in [0.2, 0.25) is 0 Å². The number of nitrogen functional groups attached to an aromatic ring is 1. The molecule has 1 aliphatic heterocycles. The zero-order valence-corrected chi connectivity index (χ0v) is 10.9. The van der Waals surface area contributed by atoms with Gasteiger partial charge in [-0.2, -0.15) is 0 Å². The molecule has 0 aliphatic carbocycles. The number of aliphatic hydroxyl groups excluding tert-OH is 1. The molecule has 100 valence electrons. The van der Waals surface area contributed by atoms with Crippen LogP contribution in [-0.4, -0.2) is 49.6 Å². The number of hydrogen-bond acceptors (Lipinski definition) is 5. The molecule has 3 N–H and O–H groups in total. The summed E-state index contributed by atoms with van der Waals surface area (Å²) in [6, 6.07) is 7.13. The van der Waals surface area contributed by atoms with Crippen LogP contribution in [-0.2, 0) is 9.84 Å². The minimum atomic E-state index is -2.87. The Labute approximate surface area is 107 Å². The number of sulfone groups is 1. The molecule has 0 amide bonds. The molecule has 0 spiro atoms. The fraction of sp³-hybridized carbons (Fsp3) is 0.500. The molecule has 1 unspecified atom stereocenters. The van der Waals surface area contributed by atoms with Crippen LogP contribution < -0.4 is 5.73 Å². The van der Waals surface area contributed by atoms with Gasteiger partial charge < -0.3 is 10.8 Å². The van der Waals surface area contributed by atoms with Crippen LogP contribution >= 0.6 is 0 Å². The number of nitrogens with two attached hydrogens (primary N) is 1. The Bertz CT molecular complexity index is 502. The molecule has 1 atom stereocenters. The maximum atomic E-state index is 11.3. The van der Waals surface area contributed by atoms with Crippen LogP contribution in [0.4, 0.5) is 5.69 Å². The van der Waals surface area contributed by atoms with Crippen molar-refractivity contribution in [3.8, 4) is 0 Å². The van der Waals surface area contributed by atoms with Gasteiger partial charge in [-0.3, -0.25) is 4.90 Å². The molecule has 0 aromatic heterocycles. The van der Waals surface area contributed by atoms with Crippen molar-refractivity contribution in [2.45, 2.75) is 6.10 Å². The van der Waals surface area contributed by atoms with Crippen LogP contribution in [0.25, 0.3) is 0 Å². The Morgan fingerprint density at radius 3 is 2.61 bits per heavy atom. The van der Waals surface area contributed by atoms with Crippen LogP contribution in [0.15, 0.2) is 24.3 Å². The van der Waals surface area contributed by atoms with Crippen molar-refractivity contribution < 1.29 is 13.5 Å². The van der Waals surface area contributed by atoms with Gasteiger partial charge >= 0.3 is 0 Å². The Kier molecular flexibility index (Phi) is 3.89. The van der Waals surface area contributed by atoms with Crippen LogP contribution in [0.1, 0.15) is 11.7 Å². The molecular formula is C12H18N2O3S. The van der Waals surface area contributed by atoms with E-state index >= 15 is 0 Å². The van der Waals surface area contributed by atoms with E-state index in [9.17, 15) is 13.5 Å². The minimum Gasteiger partial charge on any atom is -0.399 e. The zero-order valence-electron chi connectivity index (χ0n) is 10.1. The summed E-state index contributed by atoms with van der Waals surface area (Å²) in [5.41, 5.74) is 7.05. The predicted molar refractivity (Wildman–Crippen MR) is 70.9 cm³/mol. The SMILES string of the molecule is Nc1cccc(C(O)CN2CCS(=O)(=O)CC2)c1. The number of β-amino-alcohol motifs (C(OH)–C–C–N with tert-alkyl or cyclic N) is 1. The third-order valence-corrected chi connectivity index (χ3v) is 4.77. The van der Waals surface area contributed by atoms with Gasteiger partial charge in [-0.05, 0) is 17.7 Å². The summed E-state index contributed by atoms with van der Waals surface area (Å²) in [6.45, 7) is 1.42. The summed E-state index contributed by atoms with van der Waals surface area (Å²) >= 11 is 0. The lowest BCUT2D eigenvalue weighted by molar-refractivity contribution is 0.118. The summed E-state index contributed by atoms with van der Waals surface area (Å²) in [4.78, 5) is 1.97. The van der Waals surface area contributed by atoms with Crippen LogP contribution in [0.5, 0.6) is 0 Å². The smallest absolute Gasteiger partial charge is 0.152 e. The van der Waals surface area contributed by atoms with E-state index in [1.165, 1.54) is 0 Å². The van der Waals surface area contributed by atoms with Crippen molar-refractivity contribution in [3.63, 3.8) is 0 Å². The predicted octanol–water partition coefficient (Wildman–Crippen LogP) is 0.0326. The average molecular weight is 270 g/mol. The maximum absolute atomic E-state index is 11.3. The molecule has 1 heterocycles. The second-order valence-corrected chi connectivity index (χ2v) is 6.94. The summed E-state index contributed by atoms with van der Waals surface area (Å²) in [5, 5.41) is 10.1. The summed E-state index contributed by atoms with van der Waals surface area (Å²) in [5.74, 6) is 0.354. The number of nitrogens with zero attached hydrogens (tertiary/aromatic N) is 1. The second kappa shape index (κ2) is 5.26. The summed E-state index contributed by atoms with van der Waals surface area (Å²) < 4.78 is 22.6. The van der Waals surface area contributed by atoms with Gasteiger partial charge in [0, 0.05) is 25.3 Å². The van der Waals surface area contributed by atoms with E-state index in [0.717, 1.165) is 5.56 Å². The molecule has 0 radical (unpaired) electrons. The molecule has 1 aromatic carbocycles. The normalized spacial score (nSPS) is 21.6. The summed E-state index contributed by atoms with van der Waals surface area (Å²) in [7, 11) is -2.87. The third kappa shape index (κ3) is 3.44. The Hall–Kier alpha value is -1.11. The highest BCUT2D eigenvalue weighted by molar-refractivity contribution is 7.91. The van der Waals surface area contributed by atoms with E-state index < -0.39 is 15.9 Å². The van der Waals surface area contributed by atoms with E-state index in [4.69, 9.17) is 5.73 Å². The molecule has 1 aliphatic rings. The van der Waals surface area contributed by atoms with Gasteiger partial charge in [0.25, 0.3) is 0 Å². The van der Waals surface area contributed by atoms with Crippen molar-refractivity contribution in [2.24, 2.45) is 0 Å². The Balaban J connectivity index is 1.94. The number of hydrogen-bond donors (Lipinski definition) is 2. The van der Waals surface area contributed by atoms with Crippen molar-refractivity contribution in [1.82, 2.24) is 4.90 Å². The lowest BCUT2D eigenvalue weighted by atomic mass is 10.1. The maximum Gasteiger partial charge on any atom is 0.152 e. The second-order valence-electron chi connectivity index (χ2n) is 4.64. The monoisotopic (exact) mass is 270 g/mol. The van der Waals surface area contributed by atoms with Crippen molar-refractivity contribution >= 4 is 15.5 Å². The van der Waals surface area contributed by atoms with Crippen molar-refractivity contribution in [2.75, 3.05) is 36.9 Å². The molecule has 6 heteroatoms. The number of aliphatic hydroxyl groups is 1. The minimum absolute atomic E-state index is 0.177.